The fraction of sp³-hybridized carbons (Fsp3) is 1.00. The summed E-state index contributed by atoms with van der Waals surface area (Å²) in [6.07, 6.45) is 8.44. The van der Waals surface area contributed by atoms with Gasteiger partial charge in [0.25, 0.3) is 0 Å². The summed E-state index contributed by atoms with van der Waals surface area (Å²) in [5.74, 6) is 2.81. The summed E-state index contributed by atoms with van der Waals surface area (Å²) < 4.78 is 14.3. The molecule has 0 rings (SSSR count). The van der Waals surface area contributed by atoms with Crippen LogP contribution in [0.1, 0.15) is 52.4 Å². The van der Waals surface area contributed by atoms with E-state index < -0.39 is 33.7 Å². The van der Waals surface area contributed by atoms with Gasteiger partial charge in [-0.1, -0.05) is 0 Å². The fourth-order valence-electron chi connectivity index (χ4n) is 2.84. The Morgan fingerprint density at radius 3 is 1.44 bits per heavy atom. The van der Waals surface area contributed by atoms with E-state index in [0.717, 1.165) is 0 Å². The Morgan fingerprint density at radius 2 is 1.12 bits per heavy atom. The molecule has 0 saturated heterocycles. The second-order valence-corrected chi connectivity index (χ2v) is 39.1. The molecule has 2 unspecified atom stereocenters. The maximum atomic E-state index is 5.56. The van der Waals surface area contributed by atoms with E-state index in [9.17, 15) is 0 Å². The van der Waals surface area contributed by atoms with Crippen LogP contribution in [0.15, 0.2) is 0 Å². The van der Waals surface area contributed by atoms with Gasteiger partial charge in [0.1, 0.15) is 0 Å². The zero-order valence-corrected chi connectivity index (χ0v) is 24.6. The molecule has 0 aromatic heterocycles. The molecule has 152 valence electrons. The molecule has 25 heavy (non-hydrogen) atoms. The molecule has 0 fully saturated rings. The van der Waals surface area contributed by atoms with E-state index in [1.807, 2.05) is 14.2 Å². The van der Waals surface area contributed by atoms with E-state index in [1.54, 1.807) is 8.87 Å². The molecule has 0 aromatic carbocycles. The zero-order valence-electron chi connectivity index (χ0n) is 17.8. The predicted octanol–water partition coefficient (Wildman–Crippen LogP) is 6.28. The zero-order chi connectivity index (χ0) is 19.0. The molecule has 0 amide bonds. The first-order valence-electron chi connectivity index (χ1n) is 10.4. The van der Waals surface area contributed by atoms with Crippen molar-refractivity contribution in [1.82, 2.24) is 0 Å². The van der Waals surface area contributed by atoms with Gasteiger partial charge < -0.3 is 0 Å². The van der Waals surface area contributed by atoms with Gasteiger partial charge in [0.15, 0.2) is 0 Å². The normalized spacial score (nSPS) is 14.6. The van der Waals surface area contributed by atoms with E-state index in [0.29, 0.717) is 0 Å². The van der Waals surface area contributed by atoms with Gasteiger partial charge in [0, 0.05) is 0 Å². The third-order valence-electron chi connectivity index (χ3n) is 4.87. The topological polar surface area (TPSA) is 18.5 Å². The van der Waals surface area contributed by atoms with Crippen molar-refractivity contribution < 1.29 is 8.85 Å². The molecule has 0 aliphatic rings. The molecule has 0 heterocycles. The summed E-state index contributed by atoms with van der Waals surface area (Å²) in [6, 6.07) is 2.71. The molecule has 0 aliphatic carbocycles. The van der Waals surface area contributed by atoms with Crippen LogP contribution in [0.4, 0.5) is 0 Å². The molecule has 0 aromatic rings. The van der Waals surface area contributed by atoms with E-state index in [-0.39, 0.29) is 0 Å². The monoisotopic (exact) mass is 532 g/mol. The van der Waals surface area contributed by atoms with Crippen LogP contribution >= 0.6 is 17.9 Å². The Morgan fingerprint density at radius 1 is 0.720 bits per heavy atom. The van der Waals surface area contributed by atoms with Crippen molar-refractivity contribution in [2.75, 3.05) is 25.7 Å². The molecular formula is C18H44O2S2Si2Sn. The fourth-order valence-corrected chi connectivity index (χ4v) is 36.7. The van der Waals surface area contributed by atoms with Gasteiger partial charge in [-0.3, -0.25) is 0 Å². The van der Waals surface area contributed by atoms with Gasteiger partial charge in [-0.25, -0.2) is 0 Å². The Kier molecular flexibility index (Phi) is 19.2. The van der Waals surface area contributed by atoms with Crippen molar-refractivity contribution in [3.8, 4) is 0 Å². The molecule has 7 heteroatoms. The van der Waals surface area contributed by atoms with Gasteiger partial charge in [-0.05, 0) is 0 Å². The average Bonchev–Trinajstić information content (AvgIpc) is 2.64. The van der Waals surface area contributed by atoms with Crippen LogP contribution in [0.3, 0.4) is 0 Å². The standard InChI is InChI=1S/2C5H14OSSi.2C4H9.Sn/c2*1-6-8(2)5-3-4-7;2*1-3-4-2;/h2*7-8H,3-5H2,1-2H3;2*1,3-4H2,2H3;/q;;;;+2/p-2. The Labute approximate surface area is 171 Å². The first-order chi connectivity index (χ1) is 12.0. The van der Waals surface area contributed by atoms with Crippen LogP contribution in [0.2, 0.25) is 34.1 Å². The van der Waals surface area contributed by atoms with Crippen molar-refractivity contribution in [3.05, 3.63) is 0 Å². The van der Waals surface area contributed by atoms with Crippen LogP contribution in [-0.4, -0.2) is 59.4 Å². The summed E-state index contributed by atoms with van der Waals surface area (Å²) in [5, 5.41) is 0. The number of rotatable bonds is 18. The van der Waals surface area contributed by atoms with Crippen LogP contribution in [-0.2, 0) is 8.85 Å². The average molecular weight is 532 g/mol. The molecule has 0 N–H and O–H groups in total. The van der Waals surface area contributed by atoms with Crippen molar-refractivity contribution in [1.29, 1.82) is 0 Å². The molecule has 0 bridgehead atoms. The summed E-state index contributed by atoms with van der Waals surface area (Å²) in [5.41, 5.74) is 0. The minimum absolute atomic E-state index is 0.860. The van der Waals surface area contributed by atoms with Crippen molar-refractivity contribution >= 4 is 51.6 Å². The maximum absolute atomic E-state index is 5.56. The van der Waals surface area contributed by atoms with Crippen LogP contribution in [0.5, 0.6) is 0 Å². The van der Waals surface area contributed by atoms with E-state index in [2.05, 4.69) is 44.8 Å². The number of unbranched alkanes of at least 4 members (excludes halogenated alkanes) is 2. The quantitative estimate of drug-likeness (QED) is 0.153. The van der Waals surface area contributed by atoms with Gasteiger partial charge >= 0.3 is 173 Å². The summed E-state index contributed by atoms with van der Waals surface area (Å²) in [4.78, 5) is 0. The van der Waals surface area contributed by atoms with E-state index in [1.165, 1.54) is 62.1 Å². The molecule has 0 saturated carbocycles. The second-order valence-electron chi connectivity index (χ2n) is 7.19. The summed E-state index contributed by atoms with van der Waals surface area (Å²) >= 11 is -2.08. The van der Waals surface area contributed by atoms with Crippen LogP contribution in [0, 0.1) is 0 Å². The van der Waals surface area contributed by atoms with Crippen molar-refractivity contribution in [2.24, 2.45) is 0 Å². The van der Waals surface area contributed by atoms with Gasteiger partial charge in [-0.2, -0.15) is 0 Å². The van der Waals surface area contributed by atoms with Crippen molar-refractivity contribution in [2.45, 2.75) is 86.4 Å². The van der Waals surface area contributed by atoms with E-state index in [4.69, 9.17) is 8.85 Å². The molecular weight excluding hydrogens is 487 g/mol. The van der Waals surface area contributed by atoms with Crippen LogP contribution < -0.4 is 0 Å². The minimum atomic E-state index is -2.08. The molecule has 0 aliphatic heterocycles. The van der Waals surface area contributed by atoms with Gasteiger partial charge in [0.05, 0.1) is 0 Å². The van der Waals surface area contributed by atoms with Gasteiger partial charge in [0.2, 0.25) is 0 Å². The first-order valence-corrected chi connectivity index (χ1v) is 28.2. The molecule has 2 atom stereocenters. The van der Waals surface area contributed by atoms with Crippen molar-refractivity contribution in [3.63, 3.8) is 0 Å². The third kappa shape index (κ3) is 14.5. The van der Waals surface area contributed by atoms with E-state index >= 15 is 0 Å². The number of hydrogen-bond acceptors (Lipinski definition) is 4. The SMILES string of the molecule is CCC[CH2][Sn]([CH2]CCC)([S]CCC[SiH](C)OC)[S]CCC[SiH](C)OC. The molecule has 0 radical (unpaired) electrons. The Bertz CT molecular complexity index is 274. The first kappa shape index (κ1) is 26.9. The molecule has 0 spiro atoms. The summed E-state index contributed by atoms with van der Waals surface area (Å²) in [7, 11) is 7.05. The predicted molar refractivity (Wildman–Crippen MR) is 129 cm³/mol. The van der Waals surface area contributed by atoms with Crippen LogP contribution in [0.25, 0.3) is 0 Å². The molecule has 2 nitrogen and oxygen atoms in total. The second kappa shape index (κ2) is 17.9. The third-order valence-corrected chi connectivity index (χ3v) is 40.0. The number of hydrogen-bond donors (Lipinski definition) is 0. The Hall–Kier alpha value is 1.85. The Balaban J connectivity index is 4.55. The van der Waals surface area contributed by atoms with Gasteiger partial charge in [-0.15, -0.1) is 0 Å². The summed E-state index contributed by atoms with van der Waals surface area (Å²) in [6.45, 7) is 9.41.